The monoisotopic (exact) mass is 316 g/mol. The maximum atomic E-state index is 11.7. The molecule has 19 heavy (non-hydrogen) atoms. The Morgan fingerprint density at radius 2 is 1.11 bits per heavy atom. The van der Waals surface area contributed by atoms with Gasteiger partial charge in [0.05, 0.1) is 0 Å². The van der Waals surface area contributed by atoms with Crippen LogP contribution in [-0.4, -0.2) is 9.79 Å². The van der Waals surface area contributed by atoms with Crippen LogP contribution in [0.25, 0.3) is 0 Å². The average molecular weight is 317 g/mol. The number of benzene rings is 2. The van der Waals surface area contributed by atoms with Crippen molar-refractivity contribution in [1.82, 2.24) is 0 Å². The molecular formula is C13H11Cl2O3P. The lowest BCUT2D eigenvalue weighted by atomic mass is 10.0. The molecule has 0 fully saturated rings. The van der Waals surface area contributed by atoms with Gasteiger partial charge in [0.1, 0.15) is 5.66 Å². The summed E-state index contributed by atoms with van der Waals surface area (Å²) in [6.07, 6.45) is 0. The molecule has 0 aromatic heterocycles. The summed E-state index contributed by atoms with van der Waals surface area (Å²) in [5.41, 5.74) is 0.0159. The summed E-state index contributed by atoms with van der Waals surface area (Å²) in [6.45, 7) is 0. The van der Waals surface area contributed by atoms with Gasteiger partial charge in [0.2, 0.25) is 0 Å². The molecule has 0 aliphatic heterocycles. The summed E-state index contributed by atoms with van der Waals surface area (Å²) in [5, 5.41) is 1.04. The molecule has 0 radical (unpaired) electrons. The number of hydrogen-bond acceptors (Lipinski definition) is 1. The van der Waals surface area contributed by atoms with Crippen LogP contribution in [0.1, 0.15) is 16.8 Å². The highest BCUT2D eigenvalue weighted by atomic mass is 35.5. The predicted molar refractivity (Wildman–Crippen MR) is 76.8 cm³/mol. The standard InChI is InChI=1S/C13H11Cl2O3P/c14-11-5-1-9(2-6-11)13(19(16,17)18)10-3-7-12(15)8-4-10/h1-8,13H,(H2,16,17,18). The number of halogens is 2. The largest absolute Gasteiger partial charge is 0.337 e. The van der Waals surface area contributed by atoms with Crippen LogP contribution >= 0.6 is 30.8 Å². The Morgan fingerprint density at radius 1 is 0.789 bits per heavy atom. The average Bonchev–Trinajstić information content (AvgIpc) is 2.33. The second kappa shape index (κ2) is 5.66. The van der Waals surface area contributed by atoms with E-state index in [0.717, 1.165) is 0 Å². The van der Waals surface area contributed by atoms with E-state index in [1.54, 1.807) is 48.5 Å². The smallest absolute Gasteiger partial charge is 0.324 e. The second-order valence-electron chi connectivity index (χ2n) is 4.09. The van der Waals surface area contributed by atoms with Crippen molar-refractivity contribution in [2.75, 3.05) is 0 Å². The summed E-state index contributed by atoms with van der Waals surface area (Å²) >= 11 is 11.6. The first kappa shape index (κ1) is 14.6. The van der Waals surface area contributed by atoms with Crippen molar-refractivity contribution >= 4 is 30.8 Å². The first-order chi connectivity index (χ1) is 8.88. The molecule has 0 bridgehead atoms. The van der Waals surface area contributed by atoms with Gasteiger partial charge in [-0.2, -0.15) is 0 Å². The fraction of sp³-hybridized carbons (Fsp3) is 0.0769. The molecular weight excluding hydrogens is 306 g/mol. The molecule has 0 aliphatic rings. The minimum Gasteiger partial charge on any atom is -0.324 e. The van der Waals surface area contributed by atoms with Gasteiger partial charge in [0.15, 0.2) is 0 Å². The van der Waals surface area contributed by atoms with E-state index >= 15 is 0 Å². The van der Waals surface area contributed by atoms with Gasteiger partial charge in [-0.05, 0) is 35.4 Å². The van der Waals surface area contributed by atoms with Gasteiger partial charge < -0.3 is 9.79 Å². The van der Waals surface area contributed by atoms with E-state index in [1.165, 1.54) is 0 Å². The highest BCUT2D eigenvalue weighted by Crippen LogP contribution is 2.55. The lowest BCUT2D eigenvalue weighted by Gasteiger charge is -2.19. The zero-order chi connectivity index (χ0) is 14.0. The van der Waals surface area contributed by atoms with Crippen LogP contribution in [0.4, 0.5) is 0 Å². The van der Waals surface area contributed by atoms with Crippen molar-refractivity contribution in [3.63, 3.8) is 0 Å². The Morgan fingerprint density at radius 3 is 1.37 bits per heavy atom. The van der Waals surface area contributed by atoms with Crippen molar-refractivity contribution < 1.29 is 14.4 Å². The molecule has 6 heteroatoms. The molecule has 2 aromatic carbocycles. The van der Waals surface area contributed by atoms with Gasteiger partial charge in [0, 0.05) is 10.0 Å². The lowest BCUT2D eigenvalue weighted by Crippen LogP contribution is -2.02. The van der Waals surface area contributed by atoms with Gasteiger partial charge in [0.25, 0.3) is 0 Å². The first-order valence-corrected chi connectivity index (χ1v) is 7.88. The first-order valence-electron chi connectivity index (χ1n) is 5.44. The van der Waals surface area contributed by atoms with E-state index < -0.39 is 13.3 Å². The Hall–Kier alpha value is -0.830. The summed E-state index contributed by atoms with van der Waals surface area (Å²) in [6, 6.07) is 12.9. The maximum Gasteiger partial charge on any atom is 0.337 e. The molecule has 0 amide bonds. The van der Waals surface area contributed by atoms with Crippen molar-refractivity contribution in [1.29, 1.82) is 0 Å². The van der Waals surface area contributed by atoms with Crippen LogP contribution in [0.15, 0.2) is 48.5 Å². The highest BCUT2D eigenvalue weighted by molar-refractivity contribution is 7.52. The molecule has 0 saturated heterocycles. The molecule has 100 valence electrons. The summed E-state index contributed by atoms with van der Waals surface area (Å²) in [7, 11) is -4.34. The van der Waals surface area contributed by atoms with E-state index in [2.05, 4.69) is 0 Å². The van der Waals surface area contributed by atoms with Crippen LogP contribution in [-0.2, 0) is 4.57 Å². The predicted octanol–water partition coefficient (Wildman–Crippen LogP) is 4.26. The third-order valence-electron chi connectivity index (χ3n) is 2.71. The van der Waals surface area contributed by atoms with Crippen molar-refractivity contribution in [2.24, 2.45) is 0 Å². The van der Waals surface area contributed by atoms with E-state index in [-0.39, 0.29) is 0 Å². The number of rotatable bonds is 3. The molecule has 0 heterocycles. The Bertz CT molecular complexity index is 559. The van der Waals surface area contributed by atoms with Crippen LogP contribution in [0.2, 0.25) is 10.0 Å². The zero-order valence-corrected chi connectivity index (χ0v) is 12.1. The molecule has 2 rings (SSSR count). The molecule has 2 N–H and O–H groups in total. The fourth-order valence-corrected chi connectivity index (χ4v) is 3.24. The van der Waals surface area contributed by atoms with Crippen molar-refractivity contribution in [3.05, 3.63) is 69.7 Å². The highest BCUT2D eigenvalue weighted by Gasteiger charge is 2.31. The maximum absolute atomic E-state index is 11.7. The SMILES string of the molecule is O=P(O)(O)C(c1ccc(Cl)cc1)c1ccc(Cl)cc1. The van der Waals surface area contributed by atoms with E-state index in [9.17, 15) is 14.4 Å². The normalized spacial score (nSPS) is 11.8. The van der Waals surface area contributed by atoms with E-state index in [4.69, 9.17) is 23.2 Å². The van der Waals surface area contributed by atoms with Gasteiger partial charge in [-0.3, -0.25) is 4.57 Å². The number of hydrogen-bond donors (Lipinski definition) is 2. The van der Waals surface area contributed by atoms with E-state index in [0.29, 0.717) is 21.2 Å². The topological polar surface area (TPSA) is 57.5 Å². The van der Waals surface area contributed by atoms with Crippen LogP contribution in [0, 0.1) is 0 Å². The lowest BCUT2D eigenvalue weighted by molar-refractivity contribution is 0.364. The molecule has 0 saturated carbocycles. The Labute approximate surface area is 121 Å². The van der Waals surface area contributed by atoms with Gasteiger partial charge in [-0.25, -0.2) is 0 Å². The summed E-state index contributed by atoms with van der Waals surface area (Å²) in [4.78, 5) is 19.1. The van der Waals surface area contributed by atoms with Gasteiger partial charge in [-0.1, -0.05) is 47.5 Å². The van der Waals surface area contributed by atoms with Gasteiger partial charge >= 0.3 is 7.60 Å². The summed E-state index contributed by atoms with van der Waals surface area (Å²) in [5.74, 6) is 0. The minimum absolute atomic E-state index is 0.514. The van der Waals surface area contributed by atoms with E-state index in [1.807, 2.05) is 0 Å². The second-order valence-corrected chi connectivity index (χ2v) is 6.66. The van der Waals surface area contributed by atoms with Crippen LogP contribution in [0.3, 0.4) is 0 Å². The molecule has 3 nitrogen and oxygen atoms in total. The van der Waals surface area contributed by atoms with Gasteiger partial charge in [-0.15, -0.1) is 0 Å². The van der Waals surface area contributed by atoms with Crippen molar-refractivity contribution in [2.45, 2.75) is 5.66 Å². The third kappa shape index (κ3) is 3.59. The summed E-state index contributed by atoms with van der Waals surface area (Å²) < 4.78 is 11.7. The van der Waals surface area contributed by atoms with Crippen molar-refractivity contribution in [3.8, 4) is 0 Å². The molecule has 0 atom stereocenters. The zero-order valence-electron chi connectivity index (χ0n) is 9.70. The Kier molecular flexibility index (Phi) is 4.34. The molecule has 0 aliphatic carbocycles. The molecule has 2 aromatic rings. The molecule has 0 unspecified atom stereocenters. The minimum atomic E-state index is -4.34. The Balaban J connectivity index is 2.51. The van der Waals surface area contributed by atoms with Crippen LogP contribution < -0.4 is 0 Å². The van der Waals surface area contributed by atoms with Crippen LogP contribution in [0.5, 0.6) is 0 Å². The molecule has 0 spiro atoms. The quantitative estimate of drug-likeness (QED) is 0.832. The fourth-order valence-electron chi connectivity index (χ4n) is 1.87. The third-order valence-corrected chi connectivity index (χ3v) is 4.48.